The fourth-order valence-electron chi connectivity index (χ4n) is 3.63. The molecule has 3 nitrogen and oxygen atoms in total. The third-order valence-corrected chi connectivity index (χ3v) is 6.36. The number of thiocarbonyl (C=S) groups is 1. The van der Waals surface area contributed by atoms with Crippen molar-refractivity contribution >= 4 is 56.7 Å². The minimum absolute atomic E-state index is 0.0914. The maximum atomic E-state index is 13.3. The van der Waals surface area contributed by atoms with E-state index >= 15 is 0 Å². The second-order valence-corrected chi connectivity index (χ2v) is 9.03. The quantitative estimate of drug-likeness (QED) is 0.333. The largest absolute Gasteiger partial charge is 0.493 e. The van der Waals surface area contributed by atoms with E-state index < -0.39 is 0 Å². The molecule has 4 rings (SSSR count). The number of hydrogen-bond acceptors (Lipinski definition) is 4. The molecule has 1 saturated heterocycles. The van der Waals surface area contributed by atoms with Crippen LogP contribution in [0.25, 0.3) is 16.8 Å². The van der Waals surface area contributed by atoms with E-state index in [1.165, 1.54) is 11.8 Å². The Kier molecular flexibility index (Phi) is 5.93. The van der Waals surface area contributed by atoms with Gasteiger partial charge in [-0.2, -0.15) is 0 Å². The first-order valence-corrected chi connectivity index (χ1v) is 11.2. The van der Waals surface area contributed by atoms with Gasteiger partial charge in [0, 0.05) is 5.56 Å². The molecule has 30 heavy (non-hydrogen) atoms. The maximum absolute atomic E-state index is 13.3. The van der Waals surface area contributed by atoms with Crippen molar-refractivity contribution in [1.82, 2.24) is 0 Å². The third-order valence-electron chi connectivity index (χ3n) is 5.05. The average molecular weight is 434 g/mol. The Hall–Kier alpha value is -2.63. The fraction of sp³-hybridized carbons (Fsp3) is 0.200. The Morgan fingerprint density at radius 3 is 2.67 bits per heavy atom. The number of nitrogens with zero attached hydrogens (tertiary/aromatic N) is 1. The summed E-state index contributed by atoms with van der Waals surface area (Å²) in [4.78, 5) is 15.6. The van der Waals surface area contributed by atoms with Gasteiger partial charge in [-0.15, -0.1) is 0 Å². The van der Waals surface area contributed by atoms with Crippen molar-refractivity contribution in [2.45, 2.75) is 27.2 Å². The molecule has 5 heteroatoms. The topological polar surface area (TPSA) is 29.5 Å². The highest BCUT2D eigenvalue weighted by Gasteiger charge is 2.34. The first-order chi connectivity index (χ1) is 14.5. The highest BCUT2D eigenvalue weighted by Crippen LogP contribution is 2.40. The summed E-state index contributed by atoms with van der Waals surface area (Å²) in [6.07, 6.45) is 2.84. The zero-order chi connectivity index (χ0) is 21.3. The molecule has 0 aliphatic carbocycles. The minimum Gasteiger partial charge on any atom is -0.493 e. The molecule has 3 aromatic rings. The van der Waals surface area contributed by atoms with Crippen molar-refractivity contribution in [3.8, 4) is 5.75 Å². The standard InChI is InChI=1S/C25H23NO2S2/c1-4-13-28-22-12-10-18-7-5-6-8-19(18)20(22)15-23-24(27)26(25(29)30-23)21-11-9-16(2)14-17(21)3/h5-12,14-15H,4,13H2,1-3H3/b23-15+. The van der Waals surface area contributed by atoms with Crippen LogP contribution in [0.5, 0.6) is 5.75 Å². The first-order valence-electron chi connectivity index (χ1n) is 9.99. The van der Waals surface area contributed by atoms with Crippen molar-refractivity contribution in [3.05, 3.63) is 76.2 Å². The normalized spacial score (nSPS) is 15.4. The average Bonchev–Trinajstić information content (AvgIpc) is 3.01. The van der Waals surface area contributed by atoms with Crippen LogP contribution in [-0.4, -0.2) is 16.8 Å². The van der Waals surface area contributed by atoms with E-state index in [2.05, 4.69) is 31.2 Å². The molecule has 0 N–H and O–H groups in total. The van der Waals surface area contributed by atoms with E-state index in [0.29, 0.717) is 15.8 Å². The number of carbonyl (C=O) groups excluding carboxylic acids is 1. The fourth-order valence-corrected chi connectivity index (χ4v) is 4.89. The van der Waals surface area contributed by atoms with Gasteiger partial charge in [0.05, 0.1) is 17.2 Å². The number of thioether (sulfide) groups is 1. The number of rotatable bonds is 5. The summed E-state index contributed by atoms with van der Waals surface area (Å²) in [7, 11) is 0. The Labute approximate surface area is 186 Å². The third kappa shape index (κ3) is 3.87. The molecule has 0 spiro atoms. The van der Waals surface area contributed by atoms with Crippen LogP contribution in [0.15, 0.2) is 59.5 Å². The van der Waals surface area contributed by atoms with Crippen LogP contribution < -0.4 is 9.64 Å². The summed E-state index contributed by atoms with van der Waals surface area (Å²) in [5, 5.41) is 2.17. The summed E-state index contributed by atoms with van der Waals surface area (Å²) >= 11 is 6.92. The number of hydrogen-bond donors (Lipinski definition) is 0. The van der Waals surface area contributed by atoms with Crippen molar-refractivity contribution in [1.29, 1.82) is 0 Å². The zero-order valence-electron chi connectivity index (χ0n) is 17.3. The Bertz CT molecular complexity index is 1180. The minimum atomic E-state index is -0.0914. The van der Waals surface area contributed by atoms with E-state index in [9.17, 15) is 4.79 Å². The van der Waals surface area contributed by atoms with Gasteiger partial charge < -0.3 is 4.74 Å². The number of anilines is 1. The lowest BCUT2D eigenvalue weighted by atomic mass is 10.0. The van der Waals surface area contributed by atoms with Crippen LogP contribution in [0.2, 0.25) is 0 Å². The summed E-state index contributed by atoms with van der Waals surface area (Å²) in [5.74, 6) is 0.693. The predicted molar refractivity (Wildman–Crippen MR) is 131 cm³/mol. The SMILES string of the molecule is CCCOc1ccc2ccccc2c1/C=C1/SC(=S)N(c2ccc(C)cc2C)C1=O. The number of aryl methyl sites for hydroxylation is 2. The van der Waals surface area contributed by atoms with Gasteiger partial charge in [0.25, 0.3) is 5.91 Å². The second kappa shape index (κ2) is 8.62. The molecule has 1 fully saturated rings. The van der Waals surface area contributed by atoms with Gasteiger partial charge in [0.15, 0.2) is 4.32 Å². The van der Waals surface area contributed by atoms with Crippen molar-refractivity contribution in [3.63, 3.8) is 0 Å². The molecule has 0 unspecified atom stereocenters. The number of amides is 1. The molecule has 1 aliphatic heterocycles. The highest BCUT2D eigenvalue weighted by molar-refractivity contribution is 8.27. The van der Waals surface area contributed by atoms with Gasteiger partial charge in [-0.05, 0) is 54.8 Å². The molecule has 1 aliphatic rings. The van der Waals surface area contributed by atoms with Gasteiger partial charge in [0.1, 0.15) is 5.75 Å². The predicted octanol–water partition coefficient (Wildman–Crippen LogP) is 6.65. The summed E-state index contributed by atoms with van der Waals surface area (Å²) < 4.78 is 6.55. The lowest BCUT2D eigenvalue weighted by Crippen LogP contribution is -2.28. The molecule has 1 heterocycles. The van der Waals surface area contributed by atoms with Crippen molar-refractivity contribution < 1.29 is 9.53 Å². The summed E-state index contributed by atoms with van der Waals surface area (Å²) in [6.45, 7) is 6.75. The highest BCUT2D eigenvalue weighted by atomic mass is 32.2. The van der Waals surface area contributed by atoms with Gasteiger partial charge >= 0.3 is 0 Å². The number of benzene rings is 3. The first kappa shape index (κ1) is 20.6. The number of carbonyl (C=O) groups is 1. The molecule has 152 valence electrons. The maximum Gasteiger partial charge on any atom is 0.270 e. The molecule has 0 saturated carbocycles. The van der Waals surface area contributed by atoms with Gasteiger partial charge in [-0.3, -0.25) is 9.69 Å². The van der Waals surface area contributed by atoms with Crippen LogP contribution in [0.1, 0.15) is 30.0 Å². The van der Waals surface area contributed by atoms with Gasteiger partial charge in [0.2, 0.25) is 0 Å². The van der Waals surface area contributed by atoms with Crippen LogP contribution in [-0.2, 0) is 4.79 Å². The molecule has 1 amide bonds. The molecule has 0 radical (unpaired) electrons. The lowest BCUT2D eigenvalue weighted by Gasteiger charge is -2.17. The molecule has 3 aromatic carbocycles. The van der Waals surface area contributed by atoms with Crippen LogP contribution >= 0.6 is 24.0 Å². The van der Waals surface area contributed by atoms with Gasteiger partial charge in [-0.1, -0.05) is 78.9 Å². The van der Waals surface area contributed by atoms with Crippen LogP contribution in [0.4, 0.5) is 5.69 Å². The molecular weight excluding hydrogens is 410 g/mol. The number of fused-ring (bicyclic) bond motifs is 1. The Balaban J connectivity index is 1.79. The Morgan fingerprint density at radius 1 is 1.10 bits per heavy atom. The summed E-state index contributed by atoms with van der Waals surface area (Å²) in [5.41, 5.74) is 3.95. The van der Waals surface area contributed by atoms with Crippen LogP contribution in [0.3, 0.4) is 0 Å². The van der Waals surface area contributed by atoms with Crippen molar-refractivity contribution in [2.75, 3.05) is 11.5 Å². The van der Waals surface area contributed by atoms with E-state index in [4.69, 9.17) is 17.0 Å². The molecule has 0 aromatic heterocycles. The molecule has 0 atom stereocenters. The van der Waals surface area contributed by atoms with E-state index in [1.807, 2.05) is 50.3 Å². The smallest absolute Gasteiger partial charge is 0.270 e. The second-order valence-electron chi connectivity index (χ2n) is 7.35. The number of ether oxygens (including phenoxy) is 1. The lowest BCUT2D eigenvalue weighted by molar-refractivity contribution is -0.113. The van der Waals surface area contributed by atoms with Crippen molar-refractivity contribution in [2.24, 2.45) is 0 Å². The Morgan fingerprint density at radius 2 is 1.90 bits per heavy atom. The van der Waals surface area contributed by atoms with E-state index in [-0.39, 0.29) is 5.91 Å². The molecular formula is C25H23NO2S2. The van der Waals surface area contributed by atoms with E-state index in [0.717, 1.165) is 45.3 Å². The van der Waals surface area contributed by atoms with Crippen LogP contribution in [0, 0.1) is 13.8 Å². The van der Waals surface area contributed by atoms with Gasteiger partial charge in [-0.25, -0.2) is 0 Å². The summed E-state index contributed by atoms with van der Waals surface area (Å²) in [6, 6.07) is 18.2. The zero-order valence-corrected chi connectivity index (χ0v) is 18.9. The monoisotopic (exact) mass is 433 g/mol. The molecule has 0 bridgehead atoms. The van der Waals surface area contributed by atoms with E-state index in [1.54, 1.807) is 4.90 Å².